The molecule has 0 aromatic heterocycles. The third-order valence-corrected chi connectivity index (χ3v) is 8.13. The molecular weight excluding hydrogens is 510 g/mol. The first-order chi connectivity index (χ1) is 19.1. The predicted octanol–water partition coefficient (Wildman–Crippen LogP) is 6.32. The van der Waals surface area contributed by atoms with Crippen molar-refractivity contribution in [2.75, 3.05) is 10.7 Å². The number of imide groups is 1. The number of benzene rings is 4. The van der Waals surface area contributed by atoms with Crippen molar-refractivity contribution in [3.8, 4) is 0 Å². The third kappa shape index (κ3) is 5.27. The summed E-state index contributed by atoms with van der Waals surface area (Å²) in [7, 11) is 0. The van der Waals surface area contributed by atoms with Crippen molar-refractivity contribution in [1.29, 1.82) is 0 Å². The molecule has 0 bridgehead atoms. The number of nitrogens with zero attached hydrogens (tertiary/aromatic N) is 1. The highest BCUT2D eigenvalue weighted by atomic mass is 32.2. The van der Waals surface area contributed by atoms with E-state index in [0.29, 0.717) is 23.2 Å². The second-order valence-electron chi connectivity index (χ2n) is 9.56. The van der Waals surface area contributed by atoms with Crippen LogP contribution in [0.3, 0.4) is 0 Å². The molecule has 1 fully saturated rings. The molecule has 1 N–H and O–H groups in total. The van der Waals surface area contributed by atoms with Gasteiger partial charge in [0.05, 0.1) is 35.6 Å². The Morgan fingerprint density at radius 3 is 2.15 bits per heavy atom. The fourth-order valence-corrected chi connectivity index (χ4v) is 5.91. The molecule has 4 aromatic carbocycles. The van der Waals surface area contributed by atoms with Crippen molar-refractivity contribution < 1.29 is 24.2 Å². The molecule has 2 aliphatic heterocycles. The number of rotatable bonds is 7. The van der Waals surface area contributed by atoms with Gasteiger partial charge in [0.15, 0.2) is 6.29 Å². The highest BCUT2D eigenvalue weighted by molar-refractivity contribution is 7.99. The van der Waals surface area contributed by atoms with E-state index in [0.717, 1.165) is 22.4 Å². The van der Waals surface area contributed by atoms with E-state index in [1.807, 2.05) is 54.6 Å². The van der Waals surface area contributed by atoms with Crippen LogP contribution in [0.4, 0.5) is 5.69 Å². The minimum atomic E-state index is -0.683. The average Bonchev–Trinajstić information content (AvgIpc) is 3.26. The average molecular weight is 538 g/mol. The second-order valence-corrected chi connectivity index (χ2v) is 10.7. The molecule has 1 saturated heterocycles. The maximum Gasteiger partial charge on any atom is 0.266 e. The minimum absolute atomic E-state index is 0.0154. The van der Waals surface area contributed by atoms with Crippen LogP contribution >= 0.6 is 11.8 Å². The summed E-state index contributed by atoms with van der Waals surface area (Å²) in [5.74, 6) is 0.0714. The lowest BCUT2D eigenvalue weighted by atomic mass is 10.0. The fourth-order valence-electron chi connectivity index (χ4n) is 4.96. The van der Waals surface area contributed by atoms with E-state index in [-0.39, 0.29) is 30.6 Å². The van der Waals surface area contributed by atoms with Gasteiger partial charge in [-0.2, -0.15) is 0 Å². The van der Waals surface area contributed by atoms with Gasteiger partial charge in [-0.05, 0) is 47.5 Å². The Balaban J connectivity index is 1.27. The number of carbonyl (C=O) groups is 2. The molecule has 7 heteroatoms. The van der Waals surface area contributed by atoms with Crippen molar-refractivity contribution in [2.45, 2.75) is 36.4 Å². The molecule has 6 nitrogen and oxygen atoms in total. The summed E-state index contributed by atoms with van der Waals surface area (Å²) >= 11 is 1.73. The Morgan fingerprint density at radius 2 is 1.46 bits per heavy atom. The molecule has 3 unspecified atom stereocenters. The molecular formula is C32H27NO5S. The first-order valence-electron chi connectivity index (χ1n) is 12.9. The Kier molecular flexibility index (Phi) is 7.30. The predicted molar refractivity (Wildman–Crippen MR) is 150 cm³/mol. The summed E-state index contributed by atoms with van der Waals surface area (Å²) in [5, 5.41) is 9.45. The molecule has 0 aliphatic carbocycles. The molecule has 0 saturated carbocycles. The van der Waals surface area contributed by atoms with Crippen molar-refractivity contribution in [1.82, 2.24) is 0 Å². The molecule has 2 aliphatic rings. The van der Waals surface area contributed by atoms with Crippen LogP contribution in [0.25, 0.3) is 0 Å². The van der Waals surface area contributed by atoms with Gasteiger partial charge in [-0.25, -0.2) is 4.90 Å². The van der Waals surface area contributed by atoms with Crippen LogP contribution in [0.15, 0.2) is 108 Å². The number of carbonyl (C=O) groups excluding carboxylic acids is 2. The maximum atomic E-state index is 13.1. The van der Waals surface area contributed by atoms with E-state index in [1.165, 1.54) is 9.80 Å². The monoisotopic (exact) mass is 537 g/mol. The number of thioether (sulfide) groups is 1. The number of fused-ring (bicyclic) bond motifs is 1. The van der Waals surface area contributed by atoms with Crippen LogP contribution in [0.1, 0.15) is 56.2 Å². The second kappa shape index (κ2) is 11.2. The van der Waals surface area contributed by atoms with Gasteiger partial charge >= 0.3 is 0 Å². The normalized spacial score (nSPS) is 20.7. The molecule has 39 heavy (non-hydrogen) atoms. The molecule has 4 aromatic rings. The molecule has 0 radical (unpaired) electrons. The van der Waals surface area contributed by atoms with Crippen molar-refractivity contribution >= 4 is 29.3 Å². The lowest BCUT2D eigenvalue weighted by molar-refractivity contribution is -0.245. The van der Waals surface area contributed by atoms with Crippen molar-refractivity contribution in [3.63, 3.8) is 0 Å². The van der Waals surface area contributed by atoms with Crippen LogP contribution in [0.2, 0.25) is 0 Å². The minimum Gasteiger partial charge on any atom is -0.392 e. The lowest BCUT2D eigenvalue weighted by Gasteiger charge is -2.36. The van der Waals surface area contributed by atoms with Gasteiger partial charge in [-0.3, -0.25) is 9.59 Å². The van der Waals surface area contributed by atoms with E-state index < -0.39 is 6.29 Å². The number of hydrogen-bond donors (Lipinski definition) is 1. The van der Waals surface area contributed by atoms with Gasteiger partial charge in [0.2, 0.25) is 0 Å². The lowest BCUT2D eigenvalue weighted by Crippen LogP contribution is -2.32. The zero-order valence-electron chi connectivity index (χ0n) is 21.1. The van der Waals surface area contributed by atoms with Gasteiger partial charge in [0.25, 0.3) is 11.8 Å². The number of ether oxygens (including phenoxy) is 2. The summed E-state index contributed by atoms with van der Waals surface area (Å²) in [4.78, 5) is 28.5. The Labute approximate surface area is 231 Å². The van der Waals surface area contributed by atoms with E-state index in [2.05, 4.69) is 12.1 Å². The standard InChI is InChI=1S/C32H27NO5S/c34-19-21-13-15-22(16-14-21)29-18-25(20-39-26-9-2-1-3-10-26)37-32(38-29)23-7-6-8-24(17-23)33-30(35)27-11-4-5-12-28(27)31(33)36/h1-17,25,29,32,34H,18-20H2. The zero-order chi connectivity index (χ0) is 26.8. The molecule has 3 atom stereocenters. The number of aliphatic hydroxyl groups is 1. The summed E-state index contributed by atoms with van der Waals surface area (Å²) in [6.07, 6.45) is -0.328. The molecule has 196 valence electrons. The van der Waals surface area contributed by atoms with E-state index in [9.17, 15) is 14.7 Å². The quantitative estimate of drug-likeness (QED) is 0.220. The highest BCUT2D eigenvalue weighted by Gasteiger charge is 2.37. The van der Waals surface area contributed by atoms with Gasteiger partial charge in [0.1, 0.15) is 0 Å². The molecule has 0 spiro atoms. The van der Waals surface area contributed by atoms with Crippen LogP contribution < -0.4 is 4.90 Å². The highest BCUT2D eigenvalue weighted by Crippen LogP contribution is 2.40. The molecule has 6 rings (SSSR count). The Bertz CT molecular complexity index is 1460. The topological polar surface area (TPSA) is 76.1 Å². The summed E-state index contributed by atoms with van der Waals surface area (Å²) < 4.78 is 12.9. The van der Waals surface area contributed by atoms with Crippen LogP contribution in [0.5, 0.6) is 0 Å². The Morgan fingerprint density at radius 1 is 0.769 bits per heavy atom. The van der Waals surface area contributed by atoms with Crippen molar-refractivity contribution in [2.24, 2.45) is 0 Å². The molecule has 2 heterocycles. The number of anilines is 1. The van der Waals surface area contributed by atoms with E-state index in [1.54, 1.807) is 48.2 Å². The third-order valence-electron chi connectivity index (χ3n) is 6.99. The van der Waals surface area contributed by atoms with E-state index in [4.69, 9.17) is 9.47 Å². The largest absolute Gasteiger partial charge is 0.392 e. The van der Waals surface area contributed by atoms with Gasteiger partial charge in [-0.1, -0.05) is 66.7 Å². The van der Waals surface area contributed by atoms with E-state index >= 15 is 0 Å². The number of hydrogen-bond acceptors (Lipinski definition) is 6. The smallest absolute Gasteiger partial charge is 0.266 e. The summed E-state index contributed by atoms with van der Waals surface area (Å²) in [6, 6.07) is 32.1. The van der Waals surface area contributed by atoms with Gasteiger partial charge in [-0.15, -0.1) is 11.8 Å². The van der Waals surface area contributed by atoms with Crippen molar-refractivity contribution in [3.05, 3.63) is 131 Å². The number of amides is 2. The SMILES string of the molecule is O=C1c2ccccc2C(=O)N1c1cccc(C2OC(CSc3ccccc3)CC(c3ccc(CO)cc3)O2)c1. The fraction of sp³-hybridized carbons (Fsp3) is 0.188. The summed E-state index contributed by atoms with van der Waals surface area (Å²) in [6.45, 7) is -0.0154. The molecule has 2 amide bonds. The maximum absolute atomic E-state index is 13.1. The van der Waals surface area contributed by atoms with Crippen LogP contribution in [-0.2, 0) is 16.1 Å². The number of aliphatic hydroxyl groups excluding tert-OH is 1. The Hall–Kier alpha value is -3.75. The van der Waals surface area contributed by atoms with Crippen LogP contribution in [0, 0.1) is 0 Å². The van der Waals surface area contributed by atoms with Gasteiger partial charge < -0.3 is 14.6 Å². The first kappa shape index (κ1) is 25.5. The summed E-state index contributed by atoms with van der Waals surface area (Å²) in [5.41, 5.74) is 3.87. The van der Waals surface area contributed by atoms with Crippen LogP contribution in [-0.4, -0.2) is 28.8 Å². The van der Waals surface area contributed by atoms with Gasteiger partial charge in [0, 0.05) is 22.6 Å². The zero-order valence-corrected chi connectivity index (χ0v) is 21.9. The first-order valence-corrected chi connectivity index (χ1v) is 13.9.